The molecule has 0 amide bonds. The maximum atomic E-state index is 5.23. The first-order chi connectivity index (χ1) is 34.7. The van der Waals surface area contributed by atoms with Crippen molar-refractivity contribution in [3.05, 3.63) is 71.8 Å². The highest BCUT2D eigenvalue weighted by Gasteiger charge is 2.09. The van der Waals surface area contributed by atoms with E-state index in [2.05, 4.69) is 112 Å². The van der Waals surface area contributed by atoms with E-state index in [1.807, 2.05) is 0 Å². The lowest BCUT2D eigenvalue weighted by atomic mass is 10.0. The van der Waals surface area contributed by atoms with Crippen LogP contribution in [0.15, 0.2) is 70.7 Å². The summed E-state index contributed by atoms with van der Waals surface area (Å²) in [5.74, 6) is 7.00. The molecule has 0 aliphatic rings. The number of nitrogens with zero attached hydrogens (tertiary/aromatic N) is 2. The van der Waals surface area contributed by atoms with Crippen molar-refractivity contribution in [1.82, 2.24) is 0 Å². The van der Waals surface area contributed by atoms with Gasteiger partial charge >= 0.3 is 0 Å². The van der Waals surface area contributed by atoms with Gasteiger partial charge in [0.1, 0.15) is 5.71 Å². The van der Waals surface area contributed by atoms with Crippen molar-refractivity contribution in [2.45, 2.75) is 310 Å². The molecule has 0 aliphatic heterocycles. The van der Waals surface area contributed by atoms with E-state index in [9.17, 15) is 0 Å². The Hall–Kier alpha value is -3.18. The molecule has 0 bridgehead atoms. The van der Waals surface area contributed by atoms with E-state index >= 15 is 0 Å². The molecule has 2 heteroatoms. The fourth-order valence-corrected chi connectivity index (χ4v) is 9.54. The van der Waals surface area contributed by atoms with E-state index < -0.39 is 0 Å². The normalized spacial score (nSPS) is 12.2. The lowest BCUT2D eigenvalue weighted by molar-refractivity contribution is 0.527. The van der Waals surface area contributed by atoms with Gasteiger partial charge in [0.05, 0.1) is 17.1 Å². The van der Waals surface area contributed by atoms with Crippen molar-refractivity contribution in [1.29, 1.82) is 0 Å². The zero-order valence-electron chi connectivity index (χ0n) is 46.9. The van der Waals surface area contributed by atoms with E-state index in [1.165, 1.54) is 249 Å². The lowest BCUT2D eigenvalue weighted by Crippen LogP contribution is -2.12. The second-order valence-electron chi connectivity index (χ2n) is 21.1. The molecule has 0 aliphatic carbocycles. The third-order valence-electron chi connectivity index (χ3n) is 14.3. The van der Waals surface area contributed by atoms with Gasteiger partial charge in [0.15, 0.2) is 0 Å². The topological polar surface area (TPSA) is 24.7 Å². The number of unbranched alkanes of at least 4 members (excludes halogenated alkanes) is 39. The van der Waals surface area contributed by atoms with Crippen LogP contribution in [0.5, 0.6) is 0 Å². The van der Waals surface area contributed by atoms with Gasteiger partial charge < -0.3 is 0 Å². The fraction of sp³-hybridized carbons (Fsp3) is 0.706. The molecule has 0 aromatic heterocycles. The summed E-state index contributed by atoms with van der Waals surface area (Å²) in [4.78, 5) is 10.4. The van der Waals surface area contributed by atoms with E-state index in [1.54, 1.807) is 0 Å². The Morgan fingerprint density at radius 1 is 0.343 bits per heavy atom. The average Bonchev–Trinajstić information content (AvgIpc) is 3.38. The van der Waals surface area contributed by atoms with E-state index in [-0.39, 0.29) is 0 Å². The minimum Gasteiger partial charge on any atom is -0.251 e. The standard InChI is InChI=1S/C68H112N2/c1-5-9-13-16-19-21-23-25-27-29-31-33-35-37-39-41-43-45-48-51-63-55-59-65(60-56-63)69-67(53-12-8-4)68(54-50-47-18-15-11-7-3)70-66-61-57-64(58-62-66)52-49-46-44-42-40-38-36-34-32-30-28-26-24-22-20-17-14-10-6-2/h48-49,51-52,55-62H,5-47,53H2,1-4H3. The Morgan fingerprint density at radius 3 is 0.986 bits per heavy atom. The molecular weight excluding hydrogens is 845 g/mol. The number of hydrogen-bond acceptors (Lipinski definition) is 2. The molecular formula is C68H112N2. The molecule has 2 nitrogen and oxygen atoms in total. The summed E-state index contributed by atoms with van der Waals surface area (Å²) in [7, 11) is 0. The minimum absolute atomic E-state index is 0.823. The second-order valence-corrected chi connectivity index (χ2v) is 21.1. The summed E-state index contributed by atoms with van der Waals surface area (Å²) in [6.45, 7) is 9.13. The van der Waals surface area contributed by atoms with Gasteiger partial charge in [0.2, 0.25) is 0 Å². The summed E-state index contributed by atoms with van der Waals surface area (Å²) in [5.41, 5.74) is 6.24. The summed E-state index contributed by atoms with van der Waals surface area (Å²) in [6.07, 6.45) is 68.8. The average molecular weight is 958 g/mol. The third-order valence-corrected chi connectivity index (χ3v) is 14.3. The van der Waals surface area contributed by atoms with Crippen molar-refractivity contribution in [2.24, 2.45) is 9.98 Å². The smallest absolute Gasteiger partial charge is 0.135 e. The van der Waals surface area contributed by atoms with Gasteiger partial charge in [0.25, 0.3) is 0 Å². The SMILES string of the molecule is CCCCCCC#CC(=Nc1ccc(C=CCCCCCCCCCCCCCCCCCCC)cc1)C(CCCC)=Nc1ccc(C=CCCCCCCCCCCCCCCCCCCC)cc1. The van der Waals surface area contributed by atoms with Crippen molar-refractivity contribution < 1.29 is 0 Å². The number of benzene rings is 2. The van der Waals surface area contributed by atoms with Crippen LogP contribution in [0.1, 0.15) is 321 Å². The fourth-order valence-electron chi connectivity index (χ4n) is 9.54. The first-order valence-corrected chi connectivity index (χ1v) is 30.9. The Bertz CT molecular complexity index is 1610. The summed E-state index contributed by atoms with van der Waals surface area (Å²) < 4.78 is 0. The zero-order chi connectivity index (χ0) is 49.9. The van der Waals surface area contributed by atoms with Crippen LogP contribution < -0.4 is 0 Å². The molecule has 2 rings (SSSR count). The second kappa shape index (κ2) is 49.4. The number of rotatable bonds is 48. The van der Waals surface area contributed by atoms with Gasteiger partial charge in [-0.05, 0) is 86.3 Å². The van der Waals surface area contributed by atoms with E-state index in [0.29, 0.717) is 0 Å². The quantitative estimate of drug-likeness (QED) is 0.0359. The van der Waals surface area contributed by atoms with Gasteiger partial charge in [-0.1, -0.05) is 313 Å². The molecule has 0 atom stereocenters. The molecule has 2 aromatic rings. The van der Waals surface area contributed by atoms with Crippen molar-refractivity contribution in [3.8, 4) is 11.8 Å². The Kier molecular flexibility index (Phi) is 44.4. The summed E-state index contributed by atoms with van der Waals surface area (Å²) >= 11 is 0. The lowest BCUT2D eigenvalue weighted by Gasteiger charge is -2.07. The van der Waals surface area contributed by atoms with Crippen LogP contribution >= 0.6 is 0 Å². The van der Waals surface area contributed by atoms with Crippen LogP contribution in [0.2, 0.25) is 0 Å². The number of hydrogen-bond donors (Lipinski definition) is 0. The van der Waals surface area contributed by atoms with E-state index in [0.717, 1.165) is 67.7 Å². The van der Waals surface area contributed by atoms with Gasteiger partial charge in [-0.3, -0.25) is 4.99 Å². The Labute approximate surface area is 436 Å². The number of allylic oxidation sites excluding steroid dienone is 2. The largest absolute Gasteiger partial charge is 0.251 e. The maximum absolute atomic E-state index is 5.23. The van der Waals surface area contributed by atoms with Gasteiger partial charge in [0, 0.05) is 6.42 Å². The molecule has 0 fully saturated rings. The molecule has 0 unspecified atom stereocenters. The Balaban J connectivity index is 1.78. The van der Waals surface area contributed by atoms with Crippen LogP contribution in [-0.4, -0.2) is 11.4 Å². The maximum Gasteiger partial charge on any atom is 0.135 e. The van der Waals surface area contributed by atoms with Crippen LogP contribution in [0.25, 0.3) is 12.2 Å². The minimum atomic E-state index is 0.823. The monoisotopic (exact) mass is 957 g/mol. The molecule has 0 spiro atoms. The molecule has 0 saturated heterocycles. The first-order valence-electron chi connectivity index (χ1n) is 30.9. The first kappa shape index (κ1) is 62.9. The highest BCUT2D eigenvalue weighted by molar-refractivity contribution is 6.49. The number of aliphatic imine (C=N–C) groups is 2. The Morgan fingerprint density at radius 2 is 0.643 bits per heavy atom. The third kappa shape index (κ3) is 38.5. The molecule has 0 heterocycles. The predicted molar refractivity (Wildman–Crippen MR) is 319 cm³/mol. The van der Waals surface area contributed by atoms with Crippen molar-refractivity contribution in [2.75, 3.05) is 0 Å². The van der Waals surface area contributed by atoms with Gasteiger partial charge in [-0.25, -0.2) is 4.99 Å². The molecule has 0 N–H and O–H groups in total. The predicted octanol–water partition coefficient (Wildman–Crippen LogP) is 23.8. The van der Waals surface area contributed by atoms with Crippen LogP contribution in [0, 0.1) is 11.8 Å². The zero-order valence-corrected chi connectivity index (χ0v) is 46.9. The summed E-state index contributed by atoms with van der Waals surface area (Å²) in [5, 5.41) is 0. The highest BCUT2D eigenvalue weighted by atomic mass is 14.8. The van der Waals surface area contributed by atoms with Crippen molar-refractivity contribution in [3.63, 3.8) is 0 Å². The van der Waals surface area contributed by atoms with E-state index in [4.69, 9.17) is 9.98 Å². The van der Waals surface area contributed by atoms with Gasteiger partial charge in [-0.15, -0.1) is 0 Å². The van der Waals surface area contributed by atoms with Gasteiger partial charge in [-0.2, -0.15) is 0 Å². The van der Waals surface area contributed by atoms with Crippen LogP contribution in [0.4, 0.5) is 11.4 Å². The molecule has 0 saturated carbocycles. The van der Waals surface area contributed by atoms with Crippen molar-refractivity contribution >= 4 is 35.0 Å². The molecule has 0 radical (unpaired) electrons. The summed E-state index contributed by atoms with van der Waals surface area (Å²) in [6, 6.07) is 17.5. The molecule has 70 heavy (non-hydrogen) atoms. The molecule has 394 valence electrons. The highest BCUT2D eigenvalue weighted by Crippen LogP contribution is 2.21. The molecule has 2 aromatic carbocycles. The van der Waals surface area contributed by atoms with Crippen LogP contribution in [-0.2, 0) is 0 Å². The van der Waals surface area contributed by atoms with Crippen LogP contribution in [0.3, 0.4) is 0 Å².